The second kappa shape index (κ2) is 5.66. The van der Waals surface area contributed by atoms with Crippen molar-refractivity contribution in [3.05, 3.63) is 70.5 Å². The van der Waals surface area contributed by atoms with Crippen LogP contribution in [-0.4, -0.2) is 0 Å². The molecule has 0 saturated heterocycles. The third-order valence-electron chi connectivity index (χ3n) is 3.29. The summed E-state index contributed by atoms with van der Waals surface area (Å²) >= 11 is 3.71. The fourth-order valence-electron chi connectivity index (χ4n) is 2.09. The average Bonchev–Trinajstić information content (AvgIpc) is 2.32. The predicted octanol–water partition coefficient (Wildman–Crippen LogP) is 5.12. The molecule has 1 unspecified atom stereocenters. The van der Waals surface area contributed by atoms with E-state index in [2.05, 4.69) is 48.0 Å². The zero-order chi connectivity index (χ0) is 13.1. The fraction of sp³-hybridized carbons (Fsp3) is 0.250. The van der Waals surface area contributed by atoms with Gasteiger partial charge in [-0.1, -0.05) is 46.3 Å². The van der Waals surface area contributed by atoms with Gasteiger partial charge in [-0.15, -0.1) is 0 Å². The van der Waals surface area contributed by atoms with E-state index in [-0.39, 0.29) is 10.6 Å². The van der Waals surface area contributed by atoms with Crippen molar-refractivity contribution in [1.29, 1.82) is 0 Å². The summed E-state index contributed by atoms with van der Waals surface area (Å²) in [6.45, 7) is 4.24. The van der Waals surface area contributed by atoms with Gasteiger partial charge in [0.05, 0.1) is 0 Å². The molecule has 18 heavy (non-hydrogen) atoms. The monoisotopic (exact) mass is 306 g/mol. The Labute approximate surface area is 116 Å². The number of hydrogen-bond donors (Lipinski definition) is 0. The van der Waals surface area contributed by atoms with E-state index in [9.17, 15) is 4.39 Å². The molecule has 0 heterocycles. The predicted molar refractivity (Wildman–Crippen MR) is 77.7 cm³/mol. The first-order valence-electron chi connectivity index (χ1n) is 6.02. The van der Waals surface area contributed by atoms with Crippen LogP contribution in [0.4, 0.5) is 4.39 Å². The quantitative estimate of drug-likeness (QED) is 0.690. The van der Waals surface area contributed by atoms with Gasteiger partial charge in [0, 0.05) is 4.83 Å². The Bertz CT molecular complexity index is 549. The smallest absolute Gasteiger partial charge is 0.123 e. The highest BCUT2D eigenvalue weighted by Gasteiger charge is 2.12. The highest BCUT2D eigenvalue weighted by atomic mass is 79.9. The zero-order valence-corrected chi connectivity index (χ0v) is 12.2. The molecule has 2 aromatic rings. The first-order chi connectivity index (χ1) is 8.58. The lowest BCUT2D eigenvalue weighted by molar-refractivity contribution is 0.625. The van der Waals surface area contributed by atoms with Crippen molar-refractivity contribution in [2.45, 2.75) is 25.1 Å². The molecule has 0 N–H and O–H groups in total. The summed E-state index contributed by atoms with van der Waals surface area (Å²) in [7, 11) is 0. The molecule has 0 amide bonds. The topological polar surface area (TPSA) is 0 Å². The minimum Gasteiger partial charge on any atom is -0.207 e. The van der Waals surface area contributed by atoms with E-state index >= 15 is 0 Å². The number of halogens is 2. The second-order valence-corrected chi connectivity index (χ2v) is 5.70. The Balaban J connectivity index is 2.22. The molecule has 0 aliphatic rings. The molecule has 0 radical (unpaired) electrons. The van der Waals surface area contributed by atoms with Crippen LogP contribution >= 0.6 is 15.9 Å². The standard InChI is InChI=1S/C16H16BrF/c1-11-5-3-8-15(12(11)2)16(17)10-13-6-4-7-14(18)9-13/h3-9,16H,10H2,1-2H3. The minimum absolute atomic E-state index is 0.173. The summed E-state index contributed by atoms with van der Waals surface area (Å²) in [5, 5.41) is 0. The van der Waals surface area contributed by atoms with Crippen molar-refractivity contribution in [2.75, 3.05) is 0 Å². The summed E-state index contributed by atoms with van der Waals surface area (Å²) in [6, 6.07) is 13.1. The first-order valence-corrected chi connectivity index (χ1v) is 6.94. The molecule has 0 bridgehead atoms. The molecular weight excluding hydrogens is 291 g/mol. The Morgan fingerprint density at radius 2 is 1.83 bits per heavy atom. The van der Waals surface area contributed by atoms with Gasteiger partial charge in [0.25, 0.3) is 0 Å². The number of benzene rings is 2. The Hall–Kier alpha value is -1.15. The third-order valence-corrected chi connectivity index (χ3v) is 4.10. The van der Waals surface area contributed by atoms with Crippen molar-refractivity contribution >= 4 is 15.9 Å². The van der Waals surface area contributed by atoms with Crippen LogP contribution < -0.4 is 0 Å². The summed E-state index contributed by atoms with van der Waals surface area (Å²) in [5.41, 5.74) is 4.88. The molecule has 0 nitrogen and oxygen atoms in total. The number of hydrogen-bond acceptors (Lipinski definition) is 0. The molecule has 0 aromatic heterocycles. The molecule has 2 rings (SSSR count). The zero-order valence-electron chi connectivity index (χ0n) is 10.6. The van der Waals surface area contributed by atoms with Gasteiger partial charge >= 0.3 is 0 Å². The van der Waals surface area contributed by atoms with Crippen LogP contribution in [0.5, 0.6) is 0 Å². The highest BCUT2D eigenvalue weighted by molar-refractivity contribution is 9.09. The van der Waals surface area contributed by atoms with Gasteiger partial charge in [-0.2, -0.15) is 0 Å². The maximum Gasteiger partial charge on any atom is 0.123 e. The highest BCUT2D eigenvalue weighted by Crippen LogP contribution is 2.30. The molecule has 2 aromatic carbocycles. The van der Waals surface area contributed by atoms with Crippen LogP contribution in [0.3, 0.4) is 0 Å². The summed E-state index contributed by atoms with van der Waals surface area (Å²) in [5.74, 6) is -0.173. The largest absolute Gasteiger partial charge is 0.207 e. The van der Waals surface area contributed by atoms with Crippen LogP contribution in [0.25, 0.3) is 0 Å². The SMILES string of the molecule is Cc1cccc(C(Br)Cc2cccc(F)c2)c1C. The molecule has 0 saturated carbocycles. The average molecular weight is 307 g/mol. The van der Waals surface area contributed by atoms with E-state index in [1.54, 1.807) is 12.1 Å². The van der Waals surface area contributed by atoms with E-state index in [4.69, 9.17) is 0 Å². The third kappa shape index (κ3) is 2.99. The van der Waals surface area contributed by atoms with Crippen molar-refractivity contribution in [1.82, 2.24) is 0 Å². The lowest BCUT2D eigenvalue weighted by atomic mass is 9.97. The van der Waals surface area contributed by atoms with E-state index in [1.165, 1.54) is 22.8 Å². The maximum absolute atomic E-state index is 13.1. The number of aryl methyl sites for hydroxylation is 1. The van der Waals surface area contributed by atoms with Gasteiger partial charge in [0.1, 0.15) is 5.82 Å². The second-order valence-electron chi connectivity index (χ2n) is 4.59. The van der Waals surface area contributed by atoms with Gasteiger partial charge in [-0.25, -0.2) is 4.39 Å². The van der Waals surface area contributed by atoms with Gasteiger partial charge in [-0.05, 0) is 54.7 Å². The lowest BCUT2D eigenvalue weighted by Crippen LogP contribution is -1.99. The fourth-order valence-corrected chi connectivity index (χ4v) is 2.96. The molecule has 0 aliphatic carbocycles. The van der Waals surface area contributed by atoms with Crippen molar-refractivity contribution in [3.8, 4) is 0 Å². The van der Waals surface area contributed by atoms with Crippen molar-refractivity contribution in [2.24, 2.45) is 0 Å². The van der Waals surface area contributed by atoms with Gasteiger partial charge in [0.15, 0.2) is 0 Å². The summed E-state index contributed by atoms with van der Waals surface area (Å²) < 4.78 is 13.1. The summed E-state index contributed by atoms with van der Waals surface area (Å²) in [6.07, 6.45) is 0.794. The van der Waals surface area contributed by atoms with Crippen LogP contribution in [0.15, 0.2) is 42.5 Å². The van der Waals surface area contributed by atoms with Gasteiger partial charge < -0.3 is 0 Å². The van der Waals surface area contributed by atoms with Crippen molar-refractivity contribution in [3.63, 3.8) is 0 Å². The molecular formula is C16H16BrF. The van der Waals surface area contributed by atoms with E-state index in [0.29, 0.717) is 0 Å². The van der Waals surface area contributed by atoms with E-state index < -0.39 is 0 Å². The minimum atomic E-state index is -0.173. The van der Waals surface area contributed by atoms with Gasteiger partial charge in [-0.3, -0.25) is 0 Å². The normalized spacial score (nSPS) is 12.4. The molecule has 0 spiro atoms. The van der Waals surface area contributed by atoms with Crippen LogP contribution in [0.1, 0.15) is 27.1 Å². The van der Waals surface area contributed by atoms with Crippen molar-refractivity contribution < 1.29 is 4.39 Å². The maximum atomic E-state index is 13.1. The molecule has 2 heteroatoms. The van der Waals surface area contributed by atoms with Crippen LogP contribution in [0, 0.1) is 19.7 Å². The Kier molecular flexibility index (Phi) is 4.18. The number of alkyl halides is 1. The molecule has 1 atom stereocenters. The molecule has 0 aliphatic heterocycles. The number of rotatable bonds is 3. The first kappa shape index (κ1) is 13.3. The van der Waals surface area contributed by atoms with E-state index in [1.807, 2.05) is 6.07 Å². The summed E-state index contributed by atoms with van der Waals surface area (Å²) in [4.78, 5) is 0.221. The Morgan fingerprint density at radius 3 is 2.56 bits per heavy atom. The van der Waals surface area contributed by atoms with Gasteiger partial charge in [0.2, 0.25) is 0 Å². The Morgan fingerprint density at radius 1 is 1.11 bits per heavy atom. The van der Waals surface area contributed by atoms with E-state index in [0.717, 1.165) is 12.0 Å². The van der Waals surface area contributed by atoms with Crippen LogP contribution in [-0.2, 0) is 6.42 Å². The van der Waals surface area contributed by atoms with Crippen LogP contribution in [0.2, 0.25) is 0 Å². The molecule has 94 valence electrons. The lowest BCUT2D eigenvalue weighted by Gasteiger charge is -2.15. The molecule has 0 fully saturated rings.